The summed E-state index contributed by atoms with van der Waals surface area (Å²) < 4.78 is 24.7. The summed E-state index contributed by atoms with van der Waals surface area (Å²) in [5, 5.41) is 3.27. The number of ether oxygens (including phenoxy) is 2. The Bertz CT molecular complexity index is 644. The molecule has 0 fully saturated rings. The molecule has 1 N–H and O–H groups in total. The monoisotopic (exact) mass is 287 g/mol. The summed E-state index contributed by atoms with van der Waals surface area (Å²) in [6.07, 6.45) is 0.675. The summed E-state index contributed by atoms with van der Waals surface area (Å²) >= 11 is 0. The van der Waals surface area contributed by atoms with Gasteiger partial charge in [0, 0.05) is 24.1 Å². The van der Waals surface area contributed by atoms with Gasteiger partial charge < -0.3 is 14.8 Å². The average molecular weight is 287 g/mol. The van der Waals surface area contributed by atoms with E-state index >= 15 is 0 Å². The van der Waals surface area contributed by atoms with Gasteiger partial charge in [0.15, 0.2) is 0 Å². The van der Waals surface area contributed by atoms with Gasteiger partial charge >= 0.3 is 0 Å². The molecule has 0 radical (unpaired) electrons. The van der Waals surface area contributed by atoms with Gasteiger partial charge in [-0.1, -0.05) is 18.2 Å². The van der Waals surface area contributed by atoms with Gasteiger partial charge in [-0.25, -0.2) is 4.39 Å². The van der Waals surface area contributed by atoms with Crippen LogP contribution in [0.5, 0.6) is 11.5 Å². The van der Waals surface area contributed by atoms with Crippen LogP contribution in [-0.4, -0.2) is 14.2 Å². The fourth-order valence-corrected chi connectivity index (χ4v) is 2.76. The van der Waals surface area contributed by atoms with E-state index in [2.05, 4.69) is 5.32 Å². The molecular formula is C17H18FNO2. The van der Waals surface area contributed by atoms with Crippen LogP contribution in [-0.2, 0) is 0 Å². The molecule has 110 valence electrons. The van der Waals surface area contributed by atoms with E-state index < -0.39 is 0 Å². The van der Waals surface area contributed by atoms with Gasteiger partial charge in [0.1, 0.15) is 23.4 Å². The van der Waals surface area contributed by atoms with Crippen molar-refractivity contribution in [2.24, 2.45) is 0 Å². The van der Waals surface area contributed by atoms with E-state index in [1.807, 2.05) is 31.3 Å². The third kappa shape index (κ3) is 2.72. The fraction of sp³-hybridized carbons (Fsp3) is 0.294. The molecule has 0 spiro atoms. The van der Waals surface area contributed by atoms with Crippen LogP contribution >= 0.6 is 0 Å². The molecule has 4 heteroatoms. The summed E-state index contributed by atoms with van der Waals surface area (Å²) in [6, 6.07) is 12.7. The maximum atomic E-state index is 13.5. The molecule has 0 saturated carbocycles. The Morgan fingerprint density at radius 3 is 2.86 bits per heavy atom. The van der Waals surface area contributed by atoms with E-state index in [1.165, 1.54) is 12.1 Å². The van der Waals surface area contributed by atoms with Crippen LogP contribution in [0.1, 0.15) is 29.7 Å². The van der Waals surface area contributed by atoms with Gasteiger partial charge in [0.2, 0.25) is 0 Å². The third-order valence-corrected chi connectivity index (χ3v) is 3.88. The number of hydrogen-bond donors (Lipinski definition) is 1. The topological polar surface area (TPSA) is 30.5 Å². The molecule has 3 rings (SSSR count). The Labute approximate surface area is 123 Å². The van der Waals surface area contributed by atoms with Crippen molar-refractivity contribution in [3.63, 3.8) is 0 Å². The van der Waals surface area contributed by atoms with Crippen molar-refractivity contribution < 1.29 is 13.9 Å². The smallest absolute Gasteiger partial charge is 0.127 e. The molecule has 0 aromatic heterocycles. The van der Waals surface area contributed by atoms with Gasteiger partial charge in [0.25, 0.3) is 0 Å². The molecule has 1 heterocycles. The first-order chi connectivity index (χ1) is 10.2. The van der Waals surface area contributed by atoms with Gasteiger partial charge in [-0.2, -0.15) is 0 Å². The van der Waals surface area contributed by atoms with Gasteiger partial charge in [-0.05, 0) is 30.8 Å². The predicted octanol–water partition coefficient (Wildman–Crippen LogP) is 3.62. The molecule has 0 saturated heterocycles. The first-order valence-corrected chi connectivity index (χ1v) is 6.98. The Morgan fingerprint density at radius 2 is 2.10 bits per heavy atom. The standard InChI is InChI=1S/C17H18FNO2/c1-19-15-10-16(11-4-3-5-13(8-11)20-2)21-17-9-12(18)6-7-14(15)17/h3-9,15-16,19H,10H2,1-2H3. The lowest BCUT2D eigenvalue weighted by molar-refractivity contribution is 0.153. The zero-order chi connectivity index (χ0) is 14.8. The summed E-state index contributed by atoms with van der Waals surface area (Å²) in [5.74, 6) is 1.12. The second kappa shape index (κ2) is 5.74. The van der Waals surface area contributed by atoms with Crippen LogP contribution < -0.4 is 14.8 Å². The summed E-state index contributed by atoms with van der Waals surface area (Å²) in [6.45, 7) is 0. The maximum absolute atomic E-state index is 13.5. The van der Waals surface area contributed by atoms with Gasteiger partial charge in [-0.15, -0.1) is 0 Å². The van der Waals surface area contributed by atoms with Crippen LogP contribution in [0.25, 0.3) is 0 Å². The van der Waals surface area contributed by atoms with Crippen LogP contribution in [0.15, 0.2) is 42.5 Å². The number of nitrogens with one attached hydrogen (secondary N) is 1. The van der Waals surface area contributed by atoms with Crippen molar-refractivity contribution in [2.45, 2.75) is 18.6 Å². The number of rotatable bonds is 3. The van der Waals surface area contributed by atoms with Crippen LogP contribution in [0.3, 0.4) is 0 Å². The zero-order valence-electron chi connectivity index (χ0n) is 12.1. The van der Waals surface area contributed by atoms with E-state index in [0.717, 1.165) is 23.3 Å². The second-order valence-electron chi connectivity index (χ2n) is 5.14. The van der Waals surface area contributed by atoms with Crippen LogP contribution in [0.2, 0.25) is 0 Å². The second-order valence-corrected chi connectivity index (χ2v) is 5.14. The number of hydrogen-bond acceptors (Lipinski definition) is 3. The van der Waals surface area contributed by atoms with E-state index in [9.17, 15) is 4.39 Å². The Morgan fingerprint density at radius 1 is 1.24 bits per heavy atom. The van der Waals surface area contributed by atoms with Crippen molar-refractivity contribution in [3.8, 4) is 11.5 Å². The molecule has 2 aromatic rings. The molecule has 3 nitrogen and oxygen atoms in total. The van der Waals surface area contributed by atoms with E-state index in [4.69, 9.17) is 9.47 Å². The van der Waals surface area contributed by atoms with Crippen LogP contribution in [0.4, 0.5) is 4.39 Å². The minimum atomic E-state index is -0.283. The van der Waals surface area contributed by atoms with E-state index in [0.29, 0.717) is 5.75 Å². The quantitative estimate of drug-likeness (QED) is 0.935. The molecule has 2 atom stereocenters. The lowest BCUT2D eigenvalue weighted by Crippen LogP contribution is -2.26. The molecule has 1 aliphatic heterocycles. The molecular weight excluding hydrogens is 269 g/mol. The molecule has 1 aliphatic rings. The molecule has 0 amide bonds. The molecule has 21 heavy (non-hydrogen) atoms. The molecule has 2 aromatic carbocycles. The highest BCUT2D eigenvalue weighted by Crippen LogP contribution is 2.41. The normalized spacial score (nSPS) is 20.5. The van der Waals surface area contributed by atoms with Crippen LogP contribution in [0, 0.1) is 5.82 Å². The van der Waals surface area contributed by atoms with Gasteiger partial charge in [0.05, 0.1) is 7.11 Å². The highest BCUT2D eigenvalue weighted by Gasteiger charge is 2.28. The lowest BCUT2D eigenvalue weighted by atomic mass is 9.93. The fourth-order valence-electron chi connectivity index (χ4n) is 2.76. The van der Waals surface area contributed by atoms with E-state index in [-0.39, 0.29) is 18.0 Å². The summed E-state index contributed by atoms with van der Waals surface area (Å²) in [5.41, 5.74) is 2.03. The van der Waals surface area contributed by atoms with Crippen molar-refractivity contribution in [2.75, 3.05) is 14.2 Å². The highest BCUT2D eigenvalue weighted by molar-refractivity contribution is 5.40. The van der Waals surface area contributed by atoms with E-state index in [1.54, 1.807) is 13.2 Å². The summed E-state index contributed by atoms with van der Waals surface area (Å²) in [7, 11) is 3.55. The predicted molar refractivity (Wildman–Crippen MR) is 79.2 cm³/mol. The largest absolute Gasteiger partial charge is 0.497 e. The lowest BCUT2D eigenvalue weighted by Gasteiger charge is -2.32. The van der Waals surface area contributed by atoms with Crippen molar-refractivity contribution in [1.29, 1.82) is 0 Å². The SMILES string of the molecule is CNC1CC(c2cccc(OC)c2)Oc2cc(F)ccc21. The average Bonchev–Trinajstić information content (AvgIpc) is 2.53. The van der Waals surface area contributed by atoms with Crippen molar-refractivity contribution in [3.05, 3.63) is 59.4 Å². The Kier molecular flexibility index (Phi) is 3.80. The van der Waals surface area contributed by atoms with Crippen molar-refractivity contribution >= 4 is 0 Å². The number of fused-ring (bicyclic) bond motifs is 1. The Hall–Kier alpha value is -2.07. The molecule has 2 unspecified atom stereocenters. The first kappa shape index (κ1) is 13.9. The molecule has 0 bridgehead atoms. The number of benzene rings is 2. The molecule has 0 aliphatic carbocycles. The minimum absolute atomic E-state index is 0.119. The number of halogens is 1. The maximum Gasteiger partial charge on any atom is 0.127 e. The third-order valence-electron chi connectivity index (χ3n) is 3.88. The highest BCUT2D eigenvalue weighted by atomic mass is 19.1. The number of methoxy groups -OCH3 is 1. The zero-order valence-corrected chi connectivity index (χ0v) is 12.1. The van der Waals surface area contributed by atoms with Crippen molar-refractivity contribution in [1.82, 2.24) is 5.32 Å². The Balaban J connectivity index is 1.95. The summed E-state index contributed by atoms with van der Waals surface area (Å²) in [4.78, 5) is 0. The van der Waals surface area contributed by atoms with Gasteiger partial charge in [-0.3, -0.25) is 0 Å². The minimum Gasteiger partial charge on any atom is -0.497 e. The first-order valence-electron chi connectivity index (χ1n) is 6.98.